The van der Waals surface area contributed by atoms with Gasteiger partial charge in [-0.15, -0.1) is 0 Å². The molecule has 0 radical (unpaired) electrons. The van der Waals surface area contributed by atoms with E-state index in [0.29, 0.717) is 16.1 Å². The minimum atomic E-state index is -0.831. The second-order valence-electron chi connectivity index (χ2n) is 6.64. The van der Waals surface area contributed by atoms with Crippen LogP contribution < -0.4 is 10.2 Å². The van der Waals surface area contributed by atoms with Crippen LogP contribution in [0.4, 0.5) is 15.8 Å². The fourth-order valence-electron chi connectivity index (χ4n) is 3.19. The van der Waals surface area contributed by atoms with Crippen molar-refractivity contribution in [3.05, 3.63) is 81.5 Å². The number of benzene rings is 2. The summed E-state index contributed by atoms with van der Waals surface area (Å²) in [6.07, 6.45) is 1.38. The third-order valence-electron chi connectivity index (χ3n) is 4.70. The number of carbonyl (C=O) groups excluding carboxylic acids is 3. The van der Waals surface area contributed by atoms with Gasteiger partial charge < -0.3 is 9.73 Å². The SMILES string of the molecule is Cc1cc(N2C(=O)c3ccc(Cl)cc3C2=O)c(F)cc1NC(=O)c1occc1C. The highest BCUT2D eigenvalue weighted by Crippen LogP contribution is 2.34. The van der Waals surface area contributed by atoms with Gasteiger partial charge >= 0.3 is 0 Å². The first kappa shape index (κ1) is 18.9. The summed E-state index contributed by atoms with van der Waals surface area (Å²) in [4.78, 5) is 38.4. The third kappa shape index (κ3) is 3.09. The van der Waals surface area contributed by atoms with E-state index in [9.17, 15) is 18.8 Å². The monoisotopic (exact) mass is 412 g/mol. The maximum absolute atomic E-state index is 14.9. The summed E-state index contributed by atoms with van der Waals surface area (Å²) in [6.45, 7) is 3.34. The molecule has 2 heterocycles. The highest BCUT2D eigenvalue weighted by molar-refractivity contribution is 6.36. The lowest BCUT2D eigenvalue weighted by Crippen LogP contribution is -2.30. The van der Waals surface area contributed by atoms with Gasteiger partial charge in [0.05, 0.1) is 23.1 Å². The van der Waals surface area contributed by atoms with Crippen LogP contribution >= 0.6 is 11.6 Å². The first-order valence-electron chi connectivity index (χ1n) is 8.62. The van der Waals surface area contributed by atoms with E-state index in [-0.39, 0.29) is 28.3 Å². The largest absolute Gasteiger partial charge is 0.459 e. The number of amides is 3. The van der Waals surface area contributed by atoms with E-state index < -0.39 is 23.5 Å². The van der Waals surface area contributed by atoms with Gasteiger partial charge in [-0.1, -0.05) is 11.6 Å². The molecule has 29 heavy (non-hydrogen) atoms. The van der Waals surface area contributed by atoms with E-state index in [1.165, 1.54) is 30.5 Å². The molecule has 0 bridgehead atoms. The summed E-state index contributed by atoms with van der Waals surface area (Å²) in [5, 5.41) is 2.88. The predicted molar refractivity (Wildman–Crippen MR) is 105 cm³/mol. The van der Waals surface area contributed by atoms with Crippen LogP contribution in [0.2, 0.25) is 5.02 Å². The number of nitrogens with zero attached hydrogens (tertiary/aromatic N) is 1. The van der Waals surface area contributed by atoms with E-state index in [1.807, 2.05) is 0 Å². The minimum Gasteiger partial charge on any atom is -0.459 e. The molecular weight excluding hydrogens is 399 g/mol. The first-order valence-corrected chi connectivity index (χ1v) is 8.99. The number of imide groups is 1. The Hall–Kier alpha value is -3.45. The molecule has 3 amide bonds. The van der Waals surface area contributed by atoms with Gasteiger partial charge in [0.1, 0.15) is 5.82 Å². The summed E-state index contributed by atoms with van der Waals surface area (Å²) in [7, 11) is 0. The van der Waals surface area contributed by atoms with Crippen LogP contribution in [0, 0.1) is 19.7 Å². The average molecular weight is 413 g/mol. The quantitative estimate of drug-likeness (QED) is 0.630. The van der Waals surface area contributed by atoms with Gasteiger partial charge in [-0.3, -0.25) is 14.4 Å². The normalized spacial score (nSPS) is 13.0. The van der Waals surface area contributed by atoms with E-state index in [2.05, 4.69) is 5.32 Å². The Morgan fingerprint density at radius 2 is 1.76 bits per heavy atom. The van der Waals surface area contributed by atoms with Gasteiger partial charge in [-0.2, -0.15) is 0 Å². The van der Waals surface area contributed by atoms with Crippen molar-refractivity contribution in [3.8, 4) is 0 Å². The van der Waals surface area contributed by atoms with Crippen molar-refractivity contribution >= 4 is 40.7 Å². The number of nitrogens with one attached hydrogen (secondary N) is 1. The van der Waals surface area contributed by atoms with Crippen LogP contribution in [0.3, 0.4) is 0 Å². The fourth-order valence-corrected chi connectivity index (χ4v) is 3.36. The Kier molecular flexibility index (Phi) is 4.47. The molecule has 0 saturated heterocycles. The number of hydrogen-bond acceptors (Lipinski definition) is 4. The summed E-state index contributed by atoms with van der Waals surface area (Å²) >= 11 is 5.91. The molecular formula is C21H14ClFN2O4. The number of anilines is 2. The predicted octanol–water partition coefficient (Wildman–Crippen LogP) is 4.74. The van der Waals surface area contributed by atoms with Crippen LogP contribution in [0.15, 0.2) is 47.1 Å². The molecule has 1 aromatic heterocycles. The molecule has 3 aromatic rings. The molecule has 1 aliphatic heterocycles. The van der Waals surface area contributed by atoms with Gasteiger partial charge in [-0.25, -0.2) is 9.29 Å². The molecule has 1 aliphatic rings. The van der Waals surface area contributed by atoms with Crippen LogP contribution in [0.25, 0.3) is 0 Å². The van der Waals surface area contributed by atoms with Crippen molar-refractivity contribution in [2.45, 2.75) is 13.8 Å². The number of carbonyl (C=O) groups is 3. The second-order valence-corrected chi connectivity index (χ2v) is 7.08. The Morgan fingerprint density at radius 1 is 1.03 bits per heavy atom. The standard InChI is InChI=1S/C21H14ClFN2O4/c1-10-5-6-29-18(10)19(26)24-16-9-15(23)17(7-11(16)2)25-20(27)13-4-3-12(22)8-14(13)21(25)28/h3-9H,1-2H3,(H,24,26). The topological polar surface area (TPSA) is 79.6 Å². The number of hydrogen-bond donors (Lipinski definition) is 1. The molecule has 0 saturated carbocycles. The van der Waals surface area contributed by atoms with E-state index >= 15 is 0 Å². The number of halogens is 2. The van der Waals surface area contributed by atoms with Gasteiger partial charge in [0, 0.05) is 16.3 Å². The van der Waals surface area contributed by atoms with Gasteiger partial charge in [0.2, 0.25) is 0 Å². The highest BCUT2D eigenvalue weighted by Gasteiger charge is 2.38. The van der Waals surface area contributed by atoms with Gasteiger partial charge in [0.15, 0.2) is 5.76 Å². The number of aryl methyl sites for hydroxylation is 2. The van der Waals surface area contributed by atoms with E-state index in [1.54, 1.807) is 19.9 Å². The molecule has 146 valence electrons. The fraction of sp³-hybridized carbons (Fsp3) is 0.0952. The first-order chi connectivity index (χ1) is 13.8. The zero-order valence-corrected chi connectivity index (χ0v) is 16.1. The van der Waals surface area contributed by atoms with Gasteiger partial charge in [0.25, 0.3) is 17.7 Å². The zero-order valence-electron chi connectivity index (χ0n) is 15.4. The van der Waals surface area contributed by atoms with Crippen molar-refractivity contribution < 1.29 is 23.2 Å². The summed E-state index contributed by atoms with van der Waals surface area (Å²) in [6, 6.07) is 8.34. The van der Waals surface area contributed by atoms with Crippen LogP contribution in [0.1, 0.15) is 42.4 Å². The van der Waals surface area contributed by atoms with Gasteiger partial charge in [-0.05, 0) is 55.8 Å². The Morgan fingerprint density at radius 3 is 2.45 bits per heavy atom. The molecule has 0 fully saturated rings. The van der Waals surface area contributed by atoms with Crippen molar-refractivity contribution in [2.75, 3.05) is 10.2 Å². The third-order valence-corrected chi connectivity index (χ3v) is 4.93. The zero-order chi connectivity index (χ0) is 20.9. The molecule has 4 rings (SSSR count). The summed E-state index contributed by atoms with van der Waals surface area (Å²) in [5.74, 6) is -2.54. The van der Waals surface area contributed by atoms with Crippen molar-refractivity contribution in [3.63, 3.8) is 0 Å². The van der Waals surface area contributed by atoms with Crippen LogP contribution in [-0.2, 0) is 0 Å². The molecule has 0 unspecified atom stereocenters. The summed E-state index contributed by atoms with van der Waals surface area (Å²) in [5.41, 5.74) is 1.38. The lowest BCUT2D eigenvalue weighted by Gasteiger charge is -2.17. The van der Waals surface area contributed by atoms with Crippen molar-refractivity contribution in [1.82, 2.24) is 0 Å². The molecule has 8 heteroatoms. The van der Waals surface area contributed by atoms with Crippen LogP contribution in [0.5, 0.6) is 0 Å². The Balaban J connectivity index is 1.68. The average Bonchev–Trinajstić information content (AvgIpc) is 3.20. The highest BCUT2D eigenvalue weighted by atomic mass is 35.5. The number of fused-ring (bicyclic) bond motifs is 1. The maximum atomic E-state index is 14.9. The maximum Gasteiger partial charge on any atom is 0.291 e. The van der Waals surface area contributed by atoms with Crippen molar-refractivity contribution in [2.24, 2.45) is 0 Å². The molecule has 6 nitrogen and oxygen atoms in total. The van der Waals surface area contributed by atoms with Crippen molar-refractivity contribution in [1.29, 1.82) is 0 Å². The summed E-state index contributed by atoms with van der Waals surface area (Å²) < 4.78 is 20.0. The smallest absolute Gasteiger partial charge is 0.291 e. The van der Waals surface area contributed by atoms with E-state index in [0.717, 1.165) is 11.0 Å². The number of rotatable bonds is 3. The molecule has 0 aliphatic carbocycles. The molecule has 1 N–H and O–H groups in total. The molecule has 2 aromatic carbocycles. The molecule has 0 spiro atoms. The second kappa shape index (κ2) is 6.86. The number of furan rings is 1. The molecule has 0 atom stereocenters. The lowest BCUT2D eigenvalue weighted by atomic mass is 10.1. The lowest BCUT2D eigenvalue weighted by molar-refractivity contribution is 0.0923. The van der Waals surface area contributed by atoms with E-state index in [4.69, 9.17) is 16.0 Å². The Bertz CT molecular complexity index is 1200. The minimum absolute atomic E-state index is 0.116. The van der Waals surface area contributed by atoms with Crippen LogP contribution in [-0.4, -0.2) is 17.7 Å². The Labute approximate surface area is 169 Å².